The number of hydrogen-bond donors (Lipinski definition) is 2. The Balaban J connectivity index is 2.52. The molecule has 0 saturated heterocycles. The van der Waals surface area contributed by atoms with Crippen molar-refractivity contribution in [3.8, 4) is 5.75 Å². The van der Waals surface area contributed by atoms with E-state index >= 15 is 0 Å². The first-order valence-electron chi connectivity index (χ1n) is 5.60. The van der Waals surface area contributed by atoms with Crippen LogP contribution in [0.3, 0.4) is 0 Å². The van der Waals surface area contributed by atoms with E-state index in [1.807, 2.05) is 35.6 Å². The number of carbonyl (C=O) groups is 1. The molecular weight excluding hydrogens is 472 g/mol. The molecule has 19 heavy (non-hydrogen) atoms. The second-order valence-corrected chi connectivity index (χ2v) is 6.46. The molecule has 0 atom stereocenters. The van der Waals surface area contributed by atoms with E-state index in [9.17, 15) is 9.90 Å². The quantitative estimate of drug-likeness (QED) is 0.369. The van der Waals surface area contributed by atoms with Crippen LogP contribution < -0.4 is 5.32 Å². The number of hydrogen-bond acceptors (Lipinski definition) is 3. The van der Waals surface area contributed by atoms with Gasteiger partial charge in [-0.15, -0.1) is 0 Å². The van der Waals surface area contributed by atoms with Crippen molar-refractivity contribution >= 4 is 51.1 Å². The maximum Gasteiger partial charge on any atom is 0.255 e. The lowest BCUT2D eigenvalue weighted by Gasteiger charge is -2.09. The van der Waals surface area contributed by atoms with Gasteiger partial charge in [0.1, 0.15) is 5.75 Å². The van der Waals surface area contributed by atoms with Gasteiger partial charge in [-0.2, -0.15) is 0 Å². The third-order valence-corrected chi connectivity index (χ3v) is 3.60. The molecule has 2 N–H and O–H groups in total. The summed E-state index contributed by atoms with van der Waals surface area (Å²) in [7, 11) is 0. The molecule has 6 heteroatoms. The van der Waals surface area contributed by atoms with Crippen LogP contribution in [-0.4, -0.2) is 30.8 Å². The summed E-state index contributed by atoms with van der Waals surface area (Å²) >= 11 is 4.11. The number of nitrogens with one attached hydrogen (secondary N) is 1. The summed E-state index contributed by atoms with van der Waals surface area (Å²) in [4.78, 5) is 11.9. The van der Waals surface area contributed by atoms with Gasteiger partial charge in [-0.25, -0.2) is 0 Å². The first kappa shape index (κ1) is 16.7. The van der Waals surface area contributed by atoms with Crippen molar-refractivity contribution in [3.63, 3.8) is 0 Å². The molecule has 1 aromatic rings. The average Bonchev–Trinajstić information content (AvgIpc) is 2.32. The van der Waals surface area contributed by atoms with E-state index in [2.05, 4.69) is 34.5 Å². The van der Waals surface area contributed by atoms with E-state index < -0.39 is 0 Å². The smallest absolute Gasteiger partial charge is 0.255 e. The Bertz CT molecular complexity index is 489. The van der Waals surface area contributed by atoms with Crippen LogP contribution in [0, 0.1) is 7.14 Å². The monoisotopic (exact) mass is 487 g/mol. The van der Waals surface area contributed by atoms with Gasteiger partial charge >= 0.3 is 0 Å². The fourth-order valence-electron chi connectivity index (χ4n) is 1.32. The Kier molecular flexibility index (Phi) is 7.08. The van der Waals surface area contributed by atoms with Crippen molar-refractivity contribution in [2.45, 2.75) is 6.92 Å². The first-order valence-corrected chi connectivity index (χ1v) is 7.76. The highest BCUT2D eigenvalue weighted by molar-refractivity contribution is 14.1. The molecule has 1 amide bonds. The van der Waals surface area contributed by atoms with E-state index in [0.29, 0.717) is 23.3 Å². The van der Waals surface area contributed by atoms with E-state index in [4.69, 9.17) is 4.74 Å². The summed E-state index contributed by atoms with van der Waals surface area (Å²) in [5.41, 5.74) is 1.23. The van der Waals surface area contributed by atoms with Gasteiger partial charge in [-0.1, -0.05) is 12.2 Å². The van der Waals surface area contributed by atoms with E-state index in [1.165, 1.54) is 0 Å². The highest BCUT2D eigenvalue weighted by Crippen LogP contribution is 2.26. The molecule has 0 fully saturated rings. The number of carbonyl (C=O) groups excluding carboxylic acids is 1. The number of benzene rings is 1. The summed E-state index contributed by atoms with van der Waals surface area (Å²) < 4.78 is 6.85. The molecule has 0 bridgehead atoms. The van der Waals surface area contributed by atoms with E-state index in [-0.39, 0.29) is 17.2 Å². The molecule has 0 aliphatic carbocycles. The zero-order chi connectivity index (χ0) is 14.4. The second-order valence-electron chi connectivity index (χ2n) is 4.05. The third kappa shape index (κ3) is 5.65. The lowest BCUT2D eigenvalue weighted by Crippen LogP contribution is -2.27. The largest absolute Gasteiger partial charge is 0.506 e. The zero-order valence-electron chi connectivity index (χ0n) is 10.5. The molecule has 0 aliphatic heterocycles. The van der Waals surface area contributed by atoms with Gasteiger partial charge in [0.2, 0.25) is 0 Å². The molecule has 0 saturated carbocycles. The molecule has 0 aliphatic rings. The van der Waals surface area contributed by atoms with Crippen molar-refractivity contribution in [1.29, 1.82) is 0 Å². The van der Waals surface area contributed by atoms with Gasteiger partial charge in [-0.3, -0.25) is 4.79 Å². The Morgan fingerprint density at radius 1 is 1.47 bits per heavy atom. The molecule has 104 valence electrons. The number of halogens is 2. The fourth-order valence-corrected chi connectivity index (χ4v) is 3.16. The fraction of sp³-hybridized carbons (Fsp3) is 0.308. The van der Waals surface area contributed by atoms with Crippen molar-refractivity contribution in [2.75, 3.05) is 19.8 Å². The SMILES string of the molecule is C=C(C)COCCNC(=O)c1cc(I)cc(I)c1O. The van der Waals surface area contributed by atoms with Gasteiger partial charge in [0.05, 0.1) is 22.3 Å². The van der Waals surface area contributed by atoms with Crippen LogP contribution in [-0.2, 0) is 4.74 Å². The molecule has 0 radical (unpaired) electrons. The molecule has 0 aromatic heterocycles. The first-order chi connectivity index (χ1) is 8.91. The average molecular weight is 487 g/mol. The Hall–Kier alpha value is -0.350. The Labute approximate surface area is 139 Å². The van der Waals surface area contributed by atoms with Gasteiger partial charge < -0.3 is 15.2 Å². The van der Waals surface area contributed by atoms with Crippen LogP contribution in [0.4, 0.5) is 0 Å². The summed E-state index contributed by atoms with van der Waals surface area (Å²) in [6.45, 7) is 6.90. The molecule has 1 aromatic carbocycles. The Morgan fingerprint density at radius 2 is 2.16 bits per heavy atom. The van der Waals surface area contributed by atoms with Crippen LogP contribution in [0.25, 0.3) is 0 Å². The third-order valence-electron chi connectivity index (χ3n) is 2.15. The van der Waals surface area contributed by atoms with Crippen molar-refractivity contribution in [3.05, 3.63) is 37.0 Å². The van der Waals surface area contributed by atoms with Crippen LogP contribution in [0.1, 0.15) is 17.3 Å². The lowest BCUT2D eigenvalue weighted by atomic mass is 10.2. The van der Waals surface area contributed by atoms with Gasteiger partial charge in [-0.05, 0) is 64.2 Å². The lowest BCUT2D eigenvalue weighted by molar-refractivity contribution is 0.0924. The summed E-state index contributed by atoms with van der Waals surface area (Å²) in [6.07, 6.45) is 0. The number of rotatable bonds is 6. The standard InChI is InChI=1S/C13H15I2NO3/c1-8(2)7-19-4-3-16-13(18)10-5-9(14)6-11(15)12(10)17/h5-6,17H,1,3-4,7H2,2H3,(H,16,18). The number of aromatic hydroxyl groups is 1. The number of amides is 1. The molecule has 0 unspecified atom stereocenters. The number of ether oxygens (including phenoxy) is 1. The number of phenols is 1. The maximum absolute atomic E-state index is 11.9. The predicted octanol–water partition coefficient (Wildman–Crippen LogP) is 2.92. The summed E-state index contributed by atoms with van der Waals surface area (Å²) in [5.74, 6) is -0.283. The highest BCUT2D eigenvalue weighted by Gasteiger charge is 2.14. The minimum absolute atomic E-state index is 0.0152. The van der Waals surface area contributed by atoms with Gasteiger partial charge in [0, 0.05) is 10.1 Å². The highest BCUT2D eigenvalue weighted by atomic mass is 127. The second kappa shape index (κ2) is 8.05. The predicted molar refractivity (Wildman–Crippen MR) is 91.5 cm³/mol. The molecule has 0 heterocycles. The van der Waals surface area contributed by atoms with Crippen LogP contribution >= 0.6 is 45.2 Å². The topological polar surface area (TPSA) is 58.6 Å². The van der Waals surface area contributed by atoms with Crippen molar-refractivity contribution < 1.29 is 14.6 Å². The van der Waals surface area contributed by atoms with Crippen LogP contribution in [0.15, 0.2) is 24.3 Å². The van der Waals surface area contributed by atoms with Crippen LogP contribution in [0.5, 0.6) is 5.75 Å². The molecular formula is C13H15I2NO3. The van der Waals surface area contributed by atoms with Gasteiger partial charge in [0.25, 0.3) is 5.91 Å². The molecule has 4 nitrogen and oxygen atoms in total. The maximum atomic E-state index is 11.9. The van der Waals surface area contributed by atoms with E-state index in [1.54, 1.807) is 6.07 Å². The summed E-state index contributed by atoms with van der Waals surface area (Å²) in [5, 5.41) is 12.6. The van der Waals surface area contributed by atoms with Crippen molar-refractivity contribution in [1.82, 2.24) is 5.32 Å². The molecule has 0 spiro atoms. The van der Waals surface area contributed by atoms with Gasteiger partial charge in [0.15, 0.2) is 0 Å². The minimum atomic E-state index is -0.298. The molecule has 1 rings (SSSR count). The Morgan fingerprint density at radius 3 is 2.79 bits per heavy atom. The van der Waals surface area contributed by atoms with Crippen molar-refractivity contribution in [2.24, 2.45) is 0 Å². The minimum Gasteiger partial charge on any atom is -0.506 e. The zero-order valence-corrected chi connectivity index (χ0v) is 14.8. The van der Waals surface area contributed by atoms with Crippen LogP contribution in [0.2, 0.25) is 0 Å². The van der Waals surface area contributed by atoms with E-state index in [0.717, 1.165) is 9.14 Å². The summed E-state index contributed by atoms with van der Waals surface area (Å²) in [6, 6.07) is 3.46. The normalized spacial score (nSPS) is 10.3. The number of phenolic OH excluding ortho intramolecular Hbond substituents is 1.